The average molecular weight is 436 g/mol. The summed E-state index contributed by atoms with van der Waals surface area (Å²) in [7, 11) is 1.62. The lowest BCUT2D eigenvalue weighted by molar-refractivity contribution is 0.0525. The Morgan fingerprint density at radius 2 is 1.69 bits per heavy atom. The molecule has 1 aromatic heterocycles. The van der Waals surface area contributed by atoms with Gasteiger partial charge in [0.15, 0.2) is 0 Å². The molecule has 0 aliphatic rings. The lowest BCUT2D eigenvalue weighted by Crippen LogP contribution is -2.34. The van der Waals surface area contributed by atoms with E-state index >= 15 is 0 Å². The van der Waals surface area contributed by atoms with Gasteiger partial charge >= 0.3 is 12.0 Å². The van der Waals surface area contributed by atoms with Crippen LogP contribution in [0.4, 0.5) is 10.5 Å². The fraction of sp³-hybridized carbons (Fsp3) is 0.280. The molecule has 1 heterocycles. The Labute approximate surface area is 188 Å². The minimum absolute atomic E-state index is 0.239. The second-order valence-electron chi connectivity index (χ2n) is 7.45. The SMILES string of the molecule is CCOC(=O)c1c(C)[nH]c(CN(Cc2ccc(OC)cc2)C(=O)Nc2ccccc2)c1C. The first-order chi connectivity index (χ1) is 15.4. The highest BCUT2D eigenvalue weighted by molar-refractivity contribution is 5.93. The molecule has 32 heavy (non-hydrogen) atoms. The number of nitrogens with one attached hydrogen (secondary N) is 2. The fourth-order valence-electron chi connectivity index (χ4n) is 3.55. The zero-order valence-electron chi connectivity index (χ0n) is 18.9. The van der Waals surface area contributed by atoms with Crippen molar-refractivity contribution in [2.75, 3.05) is 19.0 Å². The third kappa shape index (κ3) is 5.49. The molecule has 3 rings (SSSR count). The quantitative estimate of drug-likeness (QED) is 0.485. The monoisotopic (exact) mass is 435 g/mol. The number of methoxy groups -OCH3 is 1. The van der Waals surface area contributed by atoms with Gasteiger partial charge in [-0.2, -0.15) is 0 Å². The number of hydrogen-bond acceptors (Lipinski definition) is 4. The zero-order valence-corrected chi connectivity index (χ0v) is 18.9. The van der Waals surface area contributed by atoms with E-state index in [0.717, 1.165) is 28.3 Å². The highest BCUT2D eigenvalue weighted by Gasteiger charge is 2.22. The summed E-state index contributed by atoms with van der Waals surface area (Å²) in [4.78, 5) is 30.5. The fourth-order valence-corrected chi connectivity index (χ4v) is 3.55. The lowest BCUT2D eigenvalue weighted by Gasteiger charge is -2.23. The van der Waals surface area contributed by atoms with Crippen molar-refractivity contribution in [3.05, 3.63) is 82.7 Å². The molecule has 0 fully saturated rings. The van der Waals surface area contributed by atoms with Gasteiger partial charge in [-0.15, -0.1) is 0 Å². The number of esters is 1. The Morgan fingerprint density at radius 3 is 2.31 bits per heavy atom. The molecule has 7 nitrogen and oxygen atoms in total. The predicted molar refractivity (Wildman–Crippen MR) is 124 cm³/mol. The molecule has 0 radical (unpaired) electrons. The van der Waals surface area contributed by atoms with Gasteiger partial charge < -0.3 is 24.7 Å². The number of rotatable bonds is 8. The van der Waals surface area contributed by atoms with E-state index in [1.807, 2.05) is 68.4 Å². The Bertz CT molecular complexity index is 1060. The Morgan fingerprint density at radius 1 is 1.00 bits per heavy atom. The van der Waals surface area contributed by atoms with Crippen LogP contribution in [0.15, 0.2) is 54.6 Å². The molecule has 0 atom stereocenters. The van der Waals surface area contributed by atoms with E-state index in [-0.39, 0.29) is 12.0 Å². The number of carbonyl (C=O) groups is 2. The molecular formula is C25H29N3O4. The first-order valence-corrected chi connectivity index (χ1v) is 10.5. The Hall–Kier alpha value is -3.74. The van der Waals surface area contributed by atoms with E-state index in [4.69, 9.17) is 9.47 Å². The Kier molecular flexibility index (Phi) is 7.54. The topological polar surface area (TPSA) is 83.7 Å². The molecule has 0 aliphatic carbocycles. The molecule has 2 amide bonds. The first kappa shape index (κ1) is 22.9. The van der Waals surface area contributed by atoms with Crippen LogP contribution in [0.5, 0.6) is 5.75 Å². The third-order valence-electron chi connectivity index (χ3n) is 5.21. The minimum Gasteiger partial charge on any atom is -0.497 e. The van der Waals surface area contributed by atoms with Gasteiger partial charge in [-0.1, -0.05) is 30.3 Å². The van der Waals surface area contributed by atoms with Crippen LogP contribution in [0, 0.1) is 13.8 Å². The van der Waals surface area contributed by atoms with E-state index in [1.165, 1.54) is 0 Å². The number of para-hydroxylation sites is 1. The van der Waals surface area contributed by atoms with Gasteiger partial charge in [0.25, 0.3) is 0 Å². The molecule has 2 N–H and O–H groups in total. The predicted octanol–water partition coefficient (Wildman–Crippen LogP) is 5.05. The number of anilines is 1. The summed E-state index contributed by atoms with van der Waals surface area (Å²) in [6.07, 6.45) is 0. The van der Waals surface area contributed by atoms with Crippen molar-refractivity contribution in [1.29, 1.82) is 0 Å². The van der Waals surface area contributed by atoms with Crippen LogP contribution in [0.1, 0.15) is 39.8 Å². The highest BCUT2D eigenvalue weighted by Crippen LogP contribution is 2.22. The number of ether oxygens (including phenoxy) is 2. The van der Waals surface area contributed by atoms with Crippen molar-refractivity contribution in [3.63, 3.8) is 0 Å². The van der Waals surface area contributed by atoms with Gasteiger partial charge in [0.1, 0.15) is 5.75 Å². The van der Waals surface area contributed by atoms with Gasteiger partial charge in [0, 0.05) is 23.6 Å². The van der Waals surface area contributed by atoms with E-state index in [9.17, 15) is 9.59 Å². The van der Waals surface area contributed by atoms with Crippen LogP contribution >= 0.6 is 0 Å². The van der Waals surface area contributed by atoms with Crippen LogP contribution in [0.25, 0.3) is 0 Å². The maximum Gasteiger partial charge on any atom is 0.340 e. The van der Waals surface area contributed by atoms with E-state index < -0.39 is 0 Å². The number of aromatic amines is 1. The molecule has 168 valence electrons. The summed E-state index contributed by atoms with van der Waals surface area (Å²) < 4.78 is 10.4. The van der Waals surface area contributed by atoms with E-state index in [1.54, 1.807) is 18.9 Å². The number of hydrogen-bond donors (Lipinski definition) is 2. The maximum absolute atomic E-state index is 13.2. The number of aryl methyl sites for hydroxylation is 1. The van der Waals surface area contributed by atoms with Crippen LogP contribution < -0.4 is 10.1 Å². The summed E-state index contributed by atoms with van der Waals surface area (Å²) in [6.45, 7) is 6.47. The van der Waals surface area contributed by atoms with Gasteiger partial charge in [-0.25, -0.2) is 9.59 Å². The molecule has 0 aliphatic heterocycles. The van der Waals surface area contributed by atoms with Crippen molar-refractivity contribution in [2.24, 2.45) is 0 Å². The second kappa shape index (κ2) is 10.5. The van der Waals surface area contributed by atoms with Gasteiger partial charge in [-0.3, -0.25) is 0 Å². The van der Waals surface area contributed by atoms with Crippen LogP contribution in [0.3, 0.4) is 0 Å². The number of aromatic nitrogens is 1. The van der Waals surface area contributed by atoms with Crippen LogP contribution in [-0.4, -0.2) is 35.6 Å². The molecule has 0 saturated heterocycles. The van der Waals surface area contributed by atoms with E-state index in [0.29, 0.717) is 30.9 Å². The summed E-state index contributed by atoms with van der Waals surface area (Å²) in [5.41, 5.74) is 4.50. The number of urea groups is 1. The third-order valence-corrected chi connectivity index (χ3v) is 5.21. The summed E-state index contributed by atoms with van der Waals surface area (Å²) in [5, 5.41) is 2.95. The summed E-state index contributed by atoms with van der Waals surface area (Å²) in [5.74, 6) is 0.393. The molecule has 7 heteroatoms. The standard InChI is InChI=1S/C25H29N3O4/c1-5-32-24(29)23-17(2)22(26-18(23)3)16-28(15-19-11-13-21(31-4)14-12-19)25(30)27-20-9-7-6-8-10-20/h6-14,26H,5,15-16H2,1-4H3,(H,27,30). The van der Waals surface area contributed by atoms with Crippen molar-refractivity contribution in [2.45, 2.75) is 33.9 Å². The number of benzene rings is 2. The number of carbonyl (C=O) groups excluding carboxylic acids is 2. The first-order valence-electron chi connectivity index (χ1n) is 10.5. The van der Waals surface area contributed by atoms with E-state index in [2.05, 4.69) is 10.3 Å². The van der Waals surface area contributed by atoms with Crippen molar-refractivity contribution < 1.29 is 19.1 Å². The normalized spacial score (nSPS) is 10.5. The second-order valence-corrected chi connectivity index (χ2v) is 7.45. The highest BCUT2D eigenvalue weighted by atomic mass is 16.5. The minimum atomic E-state index is -0.361. The molecule has 0 spiro atoms. The number of nitrogens with zero attached hydrogens (tertiary/aromatic N) is 1. The molecule has 0 bridgehead atoms. The van der Waals surface area contributed by atoms with Crippen molar-refractivity contribution in [3.8, 4) is 5.75 Å². The average Bonchev–Trinajstić information content (AvgIpc) is 3.07. The van der Waals surface area contributed by atoms with Crippen LogP contribution in [0.2, 0.25) is 0 Å². The molecule has 3 aromatic rings. The molecular weight excluding hydrogens is 406 g/mol. The summed E-state index contributed by atoms with van der Waals surface area (Å²) in [6, 6.07) is 16.7. The Balaban J connectivity index is 1.87. The lowest BCUT2D eigenvalue weighted by atomic mass is 10.1. The van der Waals surface area contributed by atoms with Gasteiger partial charge in [0.2, 0.25) is 0 Å². The molecule has 0 saturated carbocycles. The maximum atomic E-state index is 13.2. The van der Waals surface area contributed by atoms with Gasteiger partial charge in [0.05, 0.1) is 25.8 Å². The molecule has 0 unspecified atom stereocenters. The molecule has 2 aromatic carbocycles. The smallest absolute Gasteiger partial charge is 0.340 e. The van der Waals surface area contributed by atoms with Crippen molar-refractivity contribution >= 4 is 17.7 Å². The zero-order chi connectivity index (χ0) is 23.1. The van der Waals surface area contributed by atoms with Crippen molar-refractivity contribution in [1.82, 2.24) is 9.88 Å². The number of amides is 2. The van der Waals surface area contributed by atoms with Gasteiger partial charge in [-0.05, 0) is 56.2 Å². The van der Waals surface area contributed by atoms with Crippen LogP contribution in [-0.2, 0) is 17.8 Å². The largest absolute Gasteiger partial charge is 0.497 e. The number of H-pyrrole nitrogens is 1. The summed E-state index contributed by atoms with van der Waals surface area (Å²) >= 11 is 0.